The topological polar surface area (TPSA) is 78.4 Å². The van der Waals surface area contributed by atoms with Crippen molar-refractivity contribution in [2.75, 3.05) is 13.1 Å². The predicted molar refractivity (Wildman–Crippen MR) is 59.9 cm³/mol. The van der Waals surface area contributed by atoms with Gasteiger partial charge in [-0.1, -0.05) is 20.8 Å². The second-order valence-corrected chi connectivity index (χ2v) is 4.78. The number of carbonyl (C=O) groups is 2. The van der Waals surface area contributed by atoms with E-state index in [1.165, 1.54) is 0 Å². The van der Waals surface area contributed by atoms with Gasteiger partial charge in [0.2, 0.25) is 5.91 Å². The third-order valence-electron chi connectivity index (χ3n) is 3.16. The molecule has 0 aromatic heterocycles. The van der Waals surface area contributed by atoms with Crippen molar-refractivity contribution < 1.29 is 14.7 Å². The van der Waals surface area contributed by atoms with Crippen molar-refractivity contribution in [3.63, 3.8) is 0 Å². The second-order valence-electron chi connectivity index (χ2n) is 4.78. The van der Waals surface area contributed by atoms with Crippen LogP contribution in [0, 0.1) is 17.8 Å². The average Bonchev–Trinajstić information content (AvgIpc) is 2.09. The van der Waals surface area contributed by atoms with Crippen LogP contribution in [0.4, 0.5) is 0 Å². The molecule has 1 unspecified atom stereocenters. The quantitative estimate of drug-likeness (QED) is 0.622. The summed E-state index contributed by atoms with van der Waals surface area (Å²) in [6.07, 6.45) is 0. The summed E-state index contributed by atoms with van der Waals surface area (Å²) < 4.78 is 0. The highest BCUT2D eigenvalue weighted by molar-refractivity contribution is 5.85. The molecule has 16 heavy (non-hydrogen) atoms. The van der Waals surface area contributed by atoms with Crippen LogP contribution in [0.2, 0.25) is 0 Å². The molecule has 92 valence electrons. The second kappa shape index (κ2) is 5.30. The van der Waals surface area contributed by atoms with E-state index in [1.54, 1.807) is 13.8 Å². The van der Waals surface area contributed by atoms with Crippen LogP contribution in [0.1, 0.15) is 20.8 Å². The summed E-state index contributed by atoms with van der Waals surface area (Å²) in [6, 6.07) is -0.789. The maximum absolute atomic E-state index is 11.8. The number of aliphatic carboxylic acids is 1. The molecule has 0 aromatic carbocycles. The molecule has 2 atom stereocenters. The molecule has 3 N–H and O–H groups in total. The summed E-state index contributed by atoms with van der Waals surface area (Å²) in [6.45, 7) is 7.10. The minimum absolute atomic E-state index is 0.104. The monoisotopic (exact) mass is 228 g/mol. The van der Waals surface area contributed by atoms with Gasteiger partial charge < -0.3 is 15.7 Å². The summed E-state index contributed by atoms with van der Waals surface area (Å²) in [5, 5.41) is 14.7. The number of nitrogens with one attached hydrogen (secondary N) is 2. The molecule has 0 radical (unpaired) electrons. The zero-order chi connectivity index (χ0) is 12.3. The van der Waals surface area contributed by atoms with Crippen LogP contribution in [-0.2, 0) is 9.59 Å². The highest BCUT2D eigenvalue weighted by Crippen LogP contribution is 2.16. The maximum atomic E-state index is 11.8. The van der Waals surface area contributed by atoms with E-state index in [9.17, 15) is 9.59 Å². The minimum atomic E-state index is -0.970. The van der Waals surface area contributed by atoms with Crippen LogP contribution in [0.3, 0.4) is 0 Å². The largest absolute Gasteiger partial charge is 0.480 e. The molecule has 1 amide bonds. The van der Waals surface area contributed by atoms with E-state index in [0.29, 0.717) is 5.92 Å². The molecule has 1 fully saturated rings. The molecule has 1 aliphatic rings. The lowest BCUT2D eigenvalue weighted by atomic mass is 9.88. The van der Waals surface area contributed by atoms with Gasteiger partial charge in [-0.15, -0.1) is 0 Å². The van der Waals surface area contributed by atoms with Crippen LogP contribution in [0.25, 0.3) is 0 Å². The molecule has 0 saturated carbocycles. The van der Waals surface area contributed by atoms with Crippen molar-refractivity contribution in [1.82, 2.24) is 10.6 Å². The Morgan fingerprint density at radius 3 is 2.19 bits per heavy atom. The van der Waals surface area contributed by atoms with Gasteiger partial charge in [-0.25, -0.2) is 4.79 Å². The maximum Gasteiger partial charge on any atom is 0.326 e. The Kier molecular flexibility index (Phi) is 4.29. The van der Waals surface area contributed by atoms with Crippen LogP contribution >= 0.6 is 0 Å². The van der Waals surface area contributed by atoms with Gasteiger partial charge in [0, 0.05) is 5.92 Å². The van der Waals surface area contributed by atoms with Crippen LogP contribution < -0.4 is 10.6 Å². The number of hydrogen-bond donors (Lipinski definition) is 3. The summed E-state index contributed by atoms with van der Waals surface area (Å²) in [5.41, 5.74) is 0. The van der Waals surface area contributed by atoms with E-state index < -0.39 is 12.0 Å². The first-order chi connectivity index (χ1) is 7.43. The number of carbonyl (C=O) groups excluding carboxylic acids is 1. The van der Waals surface area contributed by atoms with Gasteiger partial charge in [-0.2, -0.15) is 0 Å². The summed E-state index contributed by atoms with van der Waals surface area (Å²) in [5.74, 6) is -1.02. The standard InChI is InChI=1S/C11H20N2O3/c1-6(2)9(11(15)16)13-10(14)7(3)8-4-12-5-8/h6-9,12H,4-5H2,1-3H3,(H,13,14)(H,15,16)/t7?,9-/m1/s1. The van der Waals surface area contributed by atoms with Crippen molar-refractivity contribution >= 4 is 11.9 Å². The summed E-state index contributed by atoms with van der Waals surface area (Å²) in [4.78, 5) is 22.7. The highest BCUT2D eigenvalue weighted by atomic mass is 16.4. The molecule has 1 heterocycles. The van der Waals surface area contributed by atoms with Crippen molar-refractivity contribution in [1.29, 1.82) is 0 Å². The zero-order valence-corrected chi connectivity index (χ0v) is 9.99. The van der Waals surface area contributed by atoms with Gasteiger partial charge in [-0.3, -0.25) is 4.79 Å². The van der Waals surface area contributed by atoms with E-state index in [4.69, 9.17) is 5.11 Å². The average molecular weight is 228 g/mol. The van der Waals surface area contributed by atoms with E-state index in [0.717, 1.165) is 13.1 Å². The summed E-state index contributed by atoms with van der Waals surface area (Å²) in [7, 11) is 0. The zero-order valence-electron chi connectivity index (χ0n) is 9.99. The van der Waals surface area contributed by atoms with Gasteiger partial charge in [0.1, 0.15) is 6.04 Å². The van der Waals surface area contributed by atoms with E-state index in [-0.39, 0.29) is 17.7 Å². The van der Waals surface area contributed by atoms with Crippen molar-refractivity contribution in [3.8, 4) is 0 Å². The van der Waals surface area contributed by atoms with Gasteiger partial charge in [0.15, 0.2) is 0 Å². The van der Waals surface area contributed by atoms with Crippen LogP contribution in [-0.4, -0.2) is 36.1 Å². The minimum Gasteiger partial charge on any atom is -0.480 e. The molecule has 1 rings (SSSR count). The number of carboxylic acids is 1. The Bertz CT molecular complexity index is 274. The fourth-order valence-electron chi connectivity index (χ4n) is 1.68. The Labute approximate surface area is 95.6 Å². The van der Waals surface area contributed by atoms with Crippen LogP contribution in [0.5, 0.6) is 0 Å². The van der Waals surface area contributed by atoms with E-state index >= 15 is 0 Å². The molecule has 0 aliphatic carbocycles. The smallest absolute Gasteiger partial charge is 0.326 e. The highest BCUT2D eigenvalue weighted by Gasteiger charge is 2.31. The SMILES string of the molecule is CC(C(=O)N[C@@H](C(=O)O)C(C)C)C1CNC1. The summed E-state index contributed by atoms with van der Waals surface area (Å²) >= 11 is 0. The van der Waals surface area contributed by atoms with Gasteiger partial charge >= 0.3 is 5.97 Å². The Morgan fingerprint density at radius 2 is 1.88 bits per heavy atom. The third-order valence-corrected chi connectivity index (χ3v) is 3.16. The number of amides is 1. The fraction of sp³-hybridized carbons (Fsp3) is 0.818. The molecular formula is C11H20N2O3. The predicted octanol–water partition coefficient (Wildman–Crippen LogP) is 0.0673. The molecule has 1 saturated heterocycles. The van der Waals surface area contributed by atoms with E-state index in [2.05, 4.69) is 10.6 Å². The molecule has 0 spiro atoms. The molecule has 0 aromatic rings. The van der Waals surface area contributed by atoms with Crippen molar-refractivity contribution in [2.24, 2.45) is 17.8 Å². The van der Waals surface area contributed by atoms with Gasteiger partial charge in [-0.05, 0) is 24.9 Å². The van der Waals surface area contributed by atoms with Gasteiger partial charge in [0.25, 0.3) is 0 Å². The van der Waals surface area contributed by atoms with Crippen LogP contribution in [0.15, 0.2) is 0 Å². The van der Waals surface area contributed by atoms with Gasteiger partial charge in [0.05, 0.1) is 0 Å². The Balaban J connectivity index is 2.50. The Hall–Kier alpha value is -1.10. The lowest BCUT2D eigenvalue weighted by Crippen LogP contribution is -2.53. The number of hydrogen-bond acceptors (Lipinski definition) is 3. The van der Waals surface area contributed by atoms with Crippen molar-refractivity contribution in [2.45, 2.75) is 26.8 Å². The molecule has 5 heteroatoms. The first kappa shape index (κ1) is 13.0. The fourth-order valence-corrected chi connectivity index (χ4v) is 1.68. The third kappa shape index (κ3) is 2.95. The molecule has 1 aliphatic heterocycles. The molecule has 5 nitrogen and oxygen atoms in total. The Morgan fingerprint density at radius 1 is 1.31 bits per heavy atom. The molecule has 0 bridgehead atoms. The van der Waals surface area contributed by atoms with Crippen molar-refractivity contribution in [3.05, 3.63) is 0 Å². The van der Waals surface area contributed by atoms with E-state index in [1.807, 2.05) is 6.92 Å². The normalized spacial score (nSPS) is 20.0. The molecular weight excluding hydrogens is 208 g/mol. The lowest BCUT2D eigenvalue weighted by Gasteiger charge is -2.32. The first-order valence-electron chi connectivity index (χ1n) is 5.67. The number of carboxylic acid groups (broad SMARTS) is 1. The lowest BCUT2D eigenvalue weighted by molar-refractivity contribution is -0.144. The first-order valence-corrected chi connectivity index (χ1v) is 5.67. The number of rotatable bonds is 5.